The zero-order valence-corrected chi connectivity index (χ0v) is 14.2. The number of alkyl halides is 4. The van der Waals surface area contributed by atoms with Crippen LogP contribution in [0.1, 0.15) is 19.3 Å². The number of halogens is 6. The molecule has 0 amide bonds. The van der Waals surface area contributed by atoms with Crippen molar-refractivity contribution < 1.29 is 5.11 Å². The largest absolute Gasteiger partial charge is 0.395 e. The summed E-state index contributed by atoms with van der Waals surface area (Å²) in [5.41, 5.74) is 0. The molecule has 0 spiro atoms. The molecule has 0 radical (unpaired) electrons. The highest BCUT2D eigenvalue weighted by Gasteiger charge is 2.77. The van der Waals surface area contributed by atoms with Crippen LogP contribution >= 0.6 is 69.6 Å². The van der Waals surface area contributed by atoms with Crippen LogP contribution in [0.15, 0.2) is 10.1 Å². The van der Waals surface area contributed by atoms with Crippen molar-refractivity contribution in [1.29, 1.82) is 0 Å². The minimum Gasteiger partial charge on any atom is -0.395 e. The van der Waals surface area contributed by atoms with E-state index in [2.05, 4.69) is 11.8 Å². The smallest absolute Gasteiger partial charge is 0.166 e. The maximum atomic E-state index is 8.68. The summed E-state index contributed by atoms with van der Waals surface area (Å²) in [5, 5.41) is 9.10. The minimum absolute atomic E-state index is 0.0184. The molecule has 7 heteroatoms. The number of hydrogen-bond acceptors (Lipinski definition) is 1. The van der Waals surface area contributed by atoms with E-state index in [1.807, 2.05) is 0 Å². The molecule has 0 saturated heterocycles. The van der Waals surface area contributed by atoms with Crippen molar-refractivity contribution in [1.82, 2.24) is 0 Å². The molecule has 0 aromatic rings. The summed E-state index contributed by atoms with van der Waals surface area (Å²) in [7, 11) is 0. The van der Waals surface area contributed by atoms with E-state index in [0.717, 1.165) is 0 Å². The molecule has 0 aromatic carbocycles. The summed E-state index contributed by atoms with van der Waals surface area (Å²) >= 11 is 38.0. The molecule has 0 aromatic heterocycles. The first-order chi connectivity index (χ1) is 8.73. The van der Waals surface area contributed by atoms with Crippen molar-refractivity contribution in [3.8, 4) is 11.8 Å². The number of hydrogen-bond donors (Lipinski definition) is 1. The Kier molecular flexibility index (Phi) is 4.59. The molecular formula is C12H10Cl6O. The molecule has 1 fully saturated rings. The number of aliphatic hydroxyl groups is 1. The molecule has 1 nitrogen and oxygen atoms in total. The third-order valence-electron chi connectivity index (χ3n) is 3.62. The summed E-state index contributed by atoms with van der Waals surface area (Å²) in [6, 6.07) is 0. The second kappa shape index (κ2) is 5.33. The Morgan fingerprint density at radius 2 is 1.74 bits per heavy atom. The lowest BCUT2D eigenvalue weighted by Crippen LogP contribution is -2.44. The summed E-state index contributed by atoms with van der Waals surface area (Å²) in [5.74, 6) is 5.57. The Bertz CT molecular complexity index is 490. The van der Waals surface area contributed by atoms with Gasteiger partial charge in [0.1, 0.15) is 9.75 Å². The van der Waals surface area contributed by atoms with E-state index in [0.29, 0.717) is 19.3 Å². The zero-order chi connectivity index (χ0) is 14.5. The van der Waals surface area contributed by atoms with Gasteiger partial charge in [0.25, 0.3) is 0 Å². The van der Waals surface area contributed by atoms with Crippen LogP contribution in [0.3, 0.4) is 0 Å². The molecule has 19 heavy (non-hydrogen) atoms. The first kappa shape index (κ1) is 16.4. The van der Waals surface area contributed by atoms with Gasteiger partial charge in [-0.2, -0.15) is 0 Å². The predicted molar refractivity (Wildman–Crippen MR) is 82.5 cm³/mol. The molecule has 2 bridgehead atoms. The Hall–Kier alpha value is 1.00. The van der Waals surface area contributed by atoms with Crippen molar-refractivity contribution in [2.45, 2.75) is 33.3 Å². The molecule has 106 valence electrons. The van der Waals surface area contributed by atoms with Gasteiger partial charge >= 0.3 is 0 Å². The first-order valence-corrected chi connectivity index (χ1v) is 7.88. The molecule has 0 aliphatic heterocycles. The van der Waals surface area contributed by atoms with E-state index < -0.39 is 14.1 Å². The highest BCUT2D eigenvalue weighted by molar-refractivity contribution is 6.65. The van der Waals surface area contributed by atoms with Gasteiger partial charge in [-0.1, -0.05) is 46.4 Å². The Labute approximate surface area is 142 Å². The van der Waals surface area contributed by atoms with E-state index in [9.17, 15) is 0 Å². The van der Waals surface area contributed by atoms with Crippen molar-refractivity contribution >= 4 is 69.6 Å². The average molecular weight is 383 g/mol. The Balaban J connectivity index is 2.32. The van der Waals surface area contributed by atoms with Crippen LogP contribution in [-0.2, 0) is 0 Å². The quantitative estimate of drug-likeness (QED) is 0.546. The van der Waals surface area contributed by atoms with Gasteiger partial charge in [-0.05, 0) is 12.3 Å². The molecule has 0 heterocycles. The van der Waals surface area contributed by atoms with E-state index in [1.54, 1.807) is 0 Å². The molecule has 2 aliphatic carbocycles. The van der Waals surface area contributed by atoms with Crippen LogP contribution in [0.2, 0.25) is 0 Å². The molecule has 2 rings (SSSR count). The monoisotopic (exact) mass is 380 g/mol. The lowest BCUT2D eigenvalue weighted by atomic mass is 9.89. The van der Waals surface area contributed by atoms with E-state index in [4.69, 9.17) is 74.7 Å². The molecule has 1 saturated carbocycles. The SMILES string of the molecule is OCCC#CC[C@@H]1C[C@]2(Cl)C(Cl)=C(Cl)[C@@]1(Cl)C2(Cl)Cl. The highest BCUT2D eigenvalue weighted by Crippen LogP contribution is 2.74. The maximum Gasteiger partial charge on any atom is 0.166 e. The van der Waals surface area contributed by atoms with E-state index >= 15 is 0 Å². The van der Waals surface area contributed by atoms with Gasteiger partial charge in [0.05, 0.1) is 16.7 Å². The third-order valence-corrected chi connectivity index (χ3v) is 7.94. The maximum absolute atomic E-state index is 8.68. The van der Waals surface area contributed by atoms with Crippen LogP contribution in [0.5, 0.6) is 0 Å². The van der Waals surface area contributed by atoms with Gasteiger partial charge in [0.2, 0.25) is 0 Å². The molecule has 3 atom stereocenters. The van der Waals surface area contributed by atoms with Gasteiger partial charge < -0.3 is 5.11 Å². The van der Waals surface area contributed by atoms with Crippen molar-refractivity contribution in [3.63, 3.8) is 0 Å². The standard InChI is InChI=1S/C12H10Cl6O/c13-8-9(14)11(16)7(4-2-1-3-5-19)6-10(8,15)12(11,17)18/h7,19H,3-6H2/t7-,10+,11-/m1/s1. The molecule has 2 aliphatic rings. The van der Waals surface area contributed by atoms with Gasteiger partial charge in [-0.25, -0.2) is 0 Å². The van der Waals surface area contributed by atoms with E-state index in [1.165, 1.54) is 0 Å². The number of aliphatic hydroxyl groups excluding tert-OH is 1. The van der Waals surface area contributed by atoms with Crippen LogP contribution < -0.4 is 0 Å². The van der Waals surface area contributed by atoms with Crippen molar-refractivity contribution in [2.24, 2.45) is 5.92 Å². The number of allylic oxidation sites excluding steroid dienone is 2. The van der Waals surface area contributed by atoms with Crippen LogP contribution in [0.4, 0.5) is 0 Å². The molecular weight excluding hydrogens is 373 g/mol. The number of fused-ring (bicyclic) bond motifs is 2. The van der Waals surface area contributed by atoms with E-state index in [-0.39, 0.29) is 22.6 Å². The fourth-order valence-electron chi connectivity index (χ4n) is 2.58. The first-order valence-electron chi connectivity index (χ1n) is 5.62. The van der Waals surface area contributed by atoms with Gasteiger partial charge in [-0.3, -0.25) is 0 Å². The van der Waals surface area contributed by atoms with Crippen LogP contribution in [0.25, 0.3) is 0 Å². The summed E-state index contributed by atoms with van der Waals surface area (Å²) in [6.45, 7) is 0.0184. The predicted octanol–water partition coefficient (Wildman–Crippen LogP) is 4.61. The fourth-order valence-corrected chi connectivity index (χ4v) is 5.43. The third kappa shape index (κ3) is 2.03. The molecule has 0 unspecified atom stereocenters. The van der Waals surface area contributed by atoms with Crippen molar-refractivity contribution in [3.05, 3.63) is 10.1 Å². The van der Waals surface area contributed by atoms with Gasteiger partial charge in [0, 0.05) is 12.8 Å². The molecule has 1 N–H and O–H groups in total. The lowest BCUT2D eigenvalue weighted by molar-refractivity contribution is 0.305. The van der Waals surface area contributed by atoms with Gasteiger partial charge in [0.15, 0.2) is 4.33 Å². The second-order valence-electron chi connectivity index (χ2n) is 4.65. The minimum atomic E-state index is -1.47. The topological polar surface area (TPSA) is 20.2 Å². The van der Waals surface area contributed by atoms with Crippen LogP contribution in [-0.4, -0.2) is 25.8 Å². The van der Waals surface area contributed by atoms with Crippen molar-refractivity contribution in [2.75, 3.05) is 6.61 Å². The summed E-state index contributed by atoms with van der Waals surface area (Å²) in [4.78, 5) is -2.38. The number of rotatable bonds is 2. The average Bonchev–Trinajstić information content (AvgIpc) is 2.57. The van der Waals surface area contributed by atoms with Crippen LogP contribution in [0, 0.1) is 17.8 Å². The highest BCUT2D eigenvalue weighted by atomic mass is 35.5. The van der Waals surface area contributed by atoms with Gasteiger partial charge in [-0.15, -0.1) is 35.0 Å². The zero-order valence-electron chi connectivity index (χ0n) is 9.62. The lowest BCUT2D eigenvalue weighted by Gasteiger charge is -2.33. The Morgan fingerprint density at radius 3 is 2.21 bits per heavy atom. The fraction of sp³-hybridized carbons (Fsp3) is 0.667. The summed E-state index contributed by atoms with van der Waals surface area (Å²) in [6.07, 6.45) is 1.26. The second-order valence-corrected chi connectivity index (χ2v) is 7.97. The normalized spacial score (nSPS) is 39.4. The summed E-state index contributed by atoms with van der Waals surface area (Å²) < 4.78 is -1.47. The Morgan fingerprint density at radius 1 is 1.11 bits per heavy atom.